The molecule has 0 unspecified atom stereocenters. The second-order valence-corrected chi connectivity index (χ2v) is 5.57. The van der Waals surface area contributed by atoms with Crippen LogP contribution in [0.3, 0.4) is 0 Å². The van der Waals surface area contributed by atoms with Crippen molar-refractivity contribution in [3.63, 3.8) is 0 Å². The normalized spacial score (nSPS) is 10.3. The zero-order chi connectivity index (χ0) is 16.5. The van der Waals surface area contributed by atoms with Crippen molar-refractivity contribution >= 4 is 5.97 Å². The molecule has 2 aromatic carbocycles. The molecule has 3 heteroatoms. The van der Waals surface area contributed by atoms with Crippen molar-refractivity contribution in [1.82, 2.24) is 0 Å². The molecule has 0 radical (unpaired) electrons. The summed E-state index contributed by atoms with van der Waals surface area (Å²) in [6.07, 6.45) is 3.31. The Bertz CT molecular complexity index is 600. The third-order valence-electron chi connectivity index (χ3n) is 3.58. The molecule has 0 spiro atoms. The van der Waals surface area contributed by atoms with E-state index in [1.807, 2.05) is 43.3 Å². The minimum atomic E-state index is -0.102. The number of carbonyl (C=O) groups excluding carboxylic acids is 1. The van der Waals surface area contributed by atoms with Gasteiger partial charge in [0, 0.05) is 6.42 Å². The lowest BCUT2D eigenvalue weighted by atomic mass is 10.1. The second-order valence-electron chi connectivity index (χ2n) is 5.57. The number of esters is 1. The minimum Gasteiger partial charge on any atom is -0.466 e. The van der Waals surface area contributed by atoms with E-state index < -0.39 is 0 Å². The average Bonchev–Trinajstić information content (AvgIpc) is 2.55. The Labute approximate surface area is 138 Å². The van der Waals surface area contributed by atoms with Crippen molar-refractivity contribution in [2.45, 2.75) is 39.5 Å². The number of hydrogen-bond acceptors (Lipinski definition) is 3. The maximum Gasteiger partial charge on any atom is 0.305 e. The predicted molar refractivity (Wildman–Crippen MR) is 91.9 cm³/mol. The molecule has 0 saturated carbocycles. The van der Waals surface area contributed by atoms with Crippen LogP contribution in [0.5, 0.6) is 11.5 Å². The van der Waals surface area contributed by atoms with Gasteiger partial charge in [-0.1, -0.05) is 29.8 Å². The lowest BCUT2D eigenvalue weighted by molar-refractivity contribution is -0.143. The third kappa shape index (κ3) is 6.15. The van der Waals surface area contributed by atoms with Crippen LogP contribution >= 0.6 is 0 Å². The highest BCUT2D eigenvalue weighted by atomic mass is 16.5. The quantitative estimate of drug-likeness (QED) is 0.504. The molecule has 0 amide bonds. The predicted octanol–water partition coefficient (Wildman–Crippen LogP) is 5.06. The Morgan fingerprint density at radius 1 is 0.913 bits per heavy atom. The Balaban J connectivity index is 1.76. The van der Waals surface area contributed by atoms with Gasteiger partial charge >= 0.3 is 5.97 Å². The van der Waals surface area contributed by atoms with Crippen LogP contribution in [0.1, 0.15) is 37.3 Å². The van der Waals surface area contributed by atoms with Crippen molar-refractivity contribution in [3.05, 3.63) is 59.7 Å². The van der Waals surface area contributed by atoms with E-state index in [2.05, 4.69) is 19.1 Å². The Morgan fingerprint density at radius 3 is 2.13 bits per heavy atom. The van der Waals surface area contributed by atoms with Gasteiger partial charge < -0.3 is 9.47 Å². The lowest BCUT2D eigenvalue weighted by Gasteiger charge is -2.07. The topological polar surface area (TPSA) is 35.5 Å². The largest absolute Gasteiger partial charge is 0.466 e. The van der Waals surface area contributed by atoms with Gasteiger partial charge in [-0.3, -0.25) is 4.79 Å². The zero-order valence-corrected chi connectivity index (χ0v) is 13.9. The summed E-state index contributed by atoms with van der Waals surface area (Å²) in [5.41, 5.74) is 2.47. The molecule has 0 fully saturated rings. The summed E-state index contributed by atoms with van der Waals surface area (Å²) in [5, 5.41) is 0. The first kappa shape index (κ1) is 17.1. The van der Waals surface area contributed by atoms with E-state index in [1.54, 1.807) is 0 Å². The van der Waals surface area contributed by atoms with Gasteiger partial charge in [-0.05, 0) is 62.9 Å². The van der Waals surface area contributed by atoms with E-state index in [-0.39, 0.29) is 5.97 Å². The summed E-state index contributed by atoms with van der Waals surface area (Å²) in [5.74, 6) is 1.58. The van der Waals surface area contributed by atoms with E-state index in [4.69, 9.17) is 9.47 Å². The van der Waals surface area contributed by atoms with Gasteiger partial charge in [0.15, 0.2) is 0 Å². The fourth-order valence-corrected chi connectivity index (χ4v) is 2.30. The number of hydrogen-bond donors (Lipinski definition) is 0. The summed E-state index contributed by atoms with van der Waals surface area (Å²) in [4.78, 5) is 11.3. The van der Waals surface area contributed by atoms with Crippen molar-refractivity contribution in [2.75, 3.05) is 6.61 Å². The number of aryl methyl sites for hydroxylation is 2. The molecule has 0 atom stereocenters. The SMILES string of the molecule is CCOC(=O)CCCCc1ccc(Oc2ccc(C)cc2)cc1. The minimum absolute atomic E-state index is 0.102. The van der Waals surface area contributed by atoms with Gasteiger partial charge in [0.25, 0.3) is 0 Å². The molecule has 0 aliphatic rings. The molecule has 0 saturated heterocycles. The van der Waals surface area contributed by atoms with Crippen LogP contribution < -0.4 is 4.74 Å². The van der Waals surface area contributed by atoms with Crippen LogP contribution in [0.15, 0.2) is 48.5 Å². The van der Waals surface area contributed by atoms with Crippen LogP contribution in [0.25, 0.3) is 0 Å². The molecule has 0 aliphatic heterocycles. The van der Waals surface area contributed by atoms with Crippen LogP contribution in [0.4, 0.5) is 0 Å². The smallest absolute Gasteiger partial charge is 0.305 e. The molecular weight excluding hydrogens is 288 g/mol. The van der Waals surface area contributed by atoms with E-state index in [1.165, 1.54) is 11.1 Å². The summed E-state index contributed by atoms with van der Waals surface area (Å²) < 4.78 is 10.7. The van der Waals surface area contributed by atoms with Crippen LogP contribution in [-0.4, -0.2) is 12.6 Å². The molecule has 3 nitrogen and oxygen atoms in total. The van der Waals surface area contributed by atoms with Crippen molar-refractivity contribution in [1.29, 1.82) is 0 Å². The van der Waals surface area contributed by atoms with Gasteiger partial charge in [0.05, 0.1) is 6.61 Å². The maximum atomic E-state index is 11.3. The Morgan fingerprint density at radius 2 is 1.52 bits per heavy atom. The molecule has 0 aromatic heterocycles. The Hall–Kier alpha value is -2.29. The molecule has 0 aliphatic carbocycles. The highest BCUT2D eigenvalue weighted by molar-refractivity contribution is 5.69. The van der Waals surface area contributed by atoms with E-state index in [9.17, 15) is 4.79 Å². The van der Waals surface area contributed by atoms with E-state index >= 15 is 0 Å². The monoisotopic (exact) mass is 312 g/mol. The Kier molecular flexibility index (Phi) is 6.67. The summed E-state index contributed by atoms with van der Waals surface area (Å²) in [6, 6.07) is 16.1. The zero-order valence-electron chi connectivity index (χ0n) is 13.9. The molecule has 0 heterocycles. The van der Waals surface area contributed by atoms with Crippen LogP contribution in [0, 0.1) is 6.92 Å². The number of rotatable bonds is 8. The van der Waals surface area contributed by atoms with Gasteiger partial charge in [-0.15, -0.1) is 0 Å². The van der Waals surface area contributed by atoms with Crippen molar-refractivity contribution in [3.8, 4) is 11.5 Å². The number of unbranched alkanes of at least 4 members (excludes halogenated alkanes) is 1. The molecule has 0 bridgehead atoms. The standard InChI is InChI=1S/C20H24O3/c1-3-22-20(21)7-5-4-6-17-10-14-19(15-11-17)23-18-12-8-16(2)9-13-18/h8-15H,3-7H2,1-2H3. The molecule has 23 heavy (non-hydrogen) atoms. The fourth-order valence-electron chi connectivity index (χ4n) is 2.30. The maximum absolute atomic E-state index is 11.3. The van der Waals surface area contributed by atoms with Gasteiger partial charge in [0.2, 0.25) is 0 Å². The van der Waals surface area contributed by atoms with Gasteiger partial charge in [0.1, 0.15) is 11.5 Å². The van der Waals surface area contributed by atoms with Crippen LogP contribution in [-0.2, 0) is 16.0 Å². The highest BCUT2D eigenvalue weighted by Gasteiger charge is 2.02. The number of benzene rings is 2. The van der Waals surface area contributed by atoms with Crippen LogP contribution in [0.2, 0.25) is 0 Å². The lowest BCUT2D eigenvalue weighted by Crippen LogP contribution is -2.03. The summed E-state index contributed by atoms with van der Waals surface area (Å²) in [6.45, 7) is 4.35. The first-order valence-corrected chi connectivity index (χ1v) is 8.16. The first-order valence-electron chi connectivity index (χ1n) is 8.16. The fraction of sp³-hybridized carbons (Fsp3) is 0.350. The van der Waals surface area contributed by atoms with Gasteiger partial charge in [-0.2, -0.15) is 0 Å². The van der Waals surface area contributed by atoms with Crippen molar-refractivity contribution < 1.29 is 14.3 Å². The van der Waals surface area contributed by atoms with E-state index in [0.717, 1.165) is 30.8 Å². The molecule has 2 aromatic rings. The average molecular weight is 312 g/mol. The second kappa shape index (κ2) is 8.99. The van der Waals surface area contributed by atoms with Crippen molar-refractivity contribution in [2.24, 2.45) is 0 Å². The summed E-state index contributed by atoms with van der Waals surface area (Å²) in [7, 11) is 0. The third-order valence-corrected chi connectivity index (χ3v) is 3.58. The molecular formula is C20H24O3. The highest BCUT2D eigenvalue weighted by Crippen LogP contribution is 2.22. The van der Waals surface area contributed by atoms with Gasteiger partial charge in [-0.25, -0.2) is 0 Å². The number of carbonyl (C=O) groups is 1. The first-order chi connectivity index (χ1) is 11.2. The molecule has 0 N–H and O–H groups in total. The summed E-state index contributed by atoms with van der Waals surface area (Å²) >= 11 is 0. The number of ether oxygens (including phenoxy) is 2. The van der Waals surface area contributed by atoms with E-state index in [0.29, 0.717) is 13.0 Å². The molecule has 122 valence electrons. The molecule has 2 rings (SSSR count).